The fourth-order valence-electron chi connectivity index (χ4n) is 2.00. The van der Waals surface area contributed by atoms with Crippen molar-refractivity contribution in [2.24, 2.45) is 0 Å². The maximum absolute atomic E-state index is 11.9. The highest BCUT2D eigenvalue weighted by Gasteiger charge is 2.15. The second kappa shape index (κ2) is 6.81. The van der Waals surface area contributed by atoms with Crippen molar-refractivity contribution in [3.05, 3.63) is 58.3 Å². The van der Waals surface area contributed by atoms with E-state index in [-0.39, 0.29) is 22.6 Å². The lowest BCUT2D eigenvalue weighted by molar-refractivity contribution is 0.0992. The maximum Gasteiger partial charge on any atom is 0.322 e. The third-order valence-corrected chi connectivity index (χ3v) is 4.75. The number of hydrogen-bond acceptors (Lipinski definition) is 7. The SMILES string of the molecule is CS(=O)(=O)c1ccc(Cc2nnc(NC(=O)c3ccc(Br)o3)o2)cc1. The predicted molar refractivity (Wildman–Crippen MR) is 91.0 cm³/mol. The monoisotopic (exact) mass is 425 g/mol. The van der Waals surface area contributed by atoms with Crippen molar-refractivity contribution in [2.45, 2.75) is 11.3 Å². The van der Waals surface area contributed by atoms with Crippen LogP contribution in [0.5, 0.6) is 0 Å². The number of rotatable bonds is 5. The van der Waals surface area contributed by atoms with Gasteiger partial charge in [-0.25, -0.2) is 8.42 Å². The van der Waals surface area contributed by atoms with Gasteiger partial charge in [0.25, 0.3) is 5.91 Å². The molecule has 0 unspecified atom stereocenters. The molecule has 0 aliphatic rings. The van der Waals surface area contributed by atoms with E-state index in [9.17, 15) is 13.2 Å². The number of anilines is 1. The minimum Gasteiger partial charge on any atom is -0.444 e. The molecule has 2 aromatic heterocycles. The van der Waals surface area contributed by atoms with E-state index in [0.29, 0.717) is 11.1 Å². The van der Waals surface area contributed by atoms with Crippen molar-refractivity contribution in [1.82, 2.24) is 10.2 Å². The van der Waals surface area contributed by atoms with E-state index < -0.39 is 15.7 Å². The molecular formula is C15H12BrN3O5S. The maximum atomic E-state index is 11.9. The summed E-state index contributed by atoms with van der Waals surface area (Å²) in [6.07, 6.45) is 1.45. The van der Waals surface area contributed by atoms with E-state index in [2.05, 4.69) is 31.4 Å². The van der Waals surface area contributed by atoms with Gasteiger partial charge in [0, 0.05) is 6.26 Å². The lowest BCUT2D eigenvalue weighted by Gasteiger charge is -2.00. The number of benzene rings is 1. The second-order valence-corrected chi connectivity index (χ2v) is 7.95. The zero-order chi connectivity index (χ0) is 18.0. The van der Waals surface area contributed by atoms with Crippen LogP contribution in [0.25, 0.3) is 0 Å². The summed E-state index contributed by atoms with van der Waals surface area (Å²) < 4.78 is 33.8. The second-order valence-electron chi connectivity index (χ2n) is 5.15. The molecule has 8 nitrogen and oxygen atoms in total. The number of aromatic nitrogens is 2. The van der Waals surface area contributed by atoms with Gasteiger partial charge in [-0.1, -0.05) is 17.2 Å². The molecule has 0 atom stereocenters. The molecule has 0 aliphatic carbocycles. The Labute approximate surface area is 151 Å². The van der Waals surface area contributed by atoms with E-state index in [1.54, 1.807) is 18.2 Å². The zero-order valence-corrected chi connectivity index (χ0v) is 15.3. The van der Waals surface area contributed by atoms with Gasteiger partial charge in [0.2, 0.25) is 5.89 Å². The van der Waals surface area contributed by atoms with Gasteiger partial charge in [0.1, 0.15) is 0 Å². The third-order valence-electron chi connectivity index (χ3n) is 3.19. The molecule has 0 bridgehead atoms. The van der Waals surface area contributed by atoms with Gasteiger partial charge in [-0.05, 0) is 45.8 Å². The first-order valence-corrected chi connectivity index (χ1v) is 9.68. The highest BCUT2D eigenvalue weighted by Crippen LogP contribution is 2.17. The first-order chi connectivity index (χ1) is 11.8. The van der Waals surface area contributed by atoms with Gasteiger partial charge in [0.15, 0.2) is 20.3 Å². The standard InChI is InChI=1S/C15H12BrN3O5S/c1-25(21,22)10-4-2-9(3-5-10)8-13-18-19-15(24-13)17-14(20)11-6-7-12(16)23-11/h2-7H,8H2,1H3,(H,17,19,20). The highest BCUT2D eigenvalue weighted by molar-refractivity contribution is 9.10. The Morgan fingerprint density at radius 3 is 2.44 bits per heavy atom. The van der Waals surface area contributed by atoms with Crippen LogP contribution < -0.4 is 5.32 Å². The predicted octanol–water partition coefficient (Wildman–Crippen LogP) is 2.67. The highest BCUT2D eigenvalue weighted by atomic mass is 79.9. The van der Waals surface area contributed by atoms with E-state index in [1.165, 1.54) is 18.2 Å². The molecule has 3 aromatic rings. The quantitative estimate of drug-likeness (QED) is 0.667. The normalized spacial score (nSPS) is 11.4. The molecule has 1 amide bonds. The number of nitrogens with zero attached hydrogens (tertiary/aromatic N) is 2. The first-order valence-electron chi connectivity index (χ1n) is 6.99. The summed E-state index contributed by atoms with van der Waals surface area (Å²) in [5, 5.41) is 10.0. The molecule has 1 N–H and O–H groups in total. The molecule has 10 heteroatoms. The van der Waals surface area contributed by atoms with Crippen LogP contribution in [0, 0.1) is 0 Å². The summed E-state index contributed by atoms with van der Waals surface area (Å²) in [4.78, 5) is 12.2. The molecule has 1 aromatic carbocycles. The summed E-state index contributed by atoms with van der Waals surface area (Å²) in [6.45, 7) is 0. The number of carbonyl (C=O) groups is 1. The Balaban J connectivity index is 1.66. The average Bonchev–Trinajstić information content (AvgIpc) is 3.16. The number of sulfone groups is 1. The average molecular weight is 426 g/mol. The minimum atomic E-state index is -3.24. The topological polar surface area (TPSA) is 115 Å². The van der Waals surface area contributed by atoms with Crippen LogP contribution in [0.3, 0.4) is 0 Å². The first kappa shape index (κ1) is 17.4. The largest absolute Gasteiger partial charge is 0.444 e. The Morgan fingerprint density at radius 1 is 1.12 bits per heavy atom. The van der Waals surface area contributed by atoms with Crippen LogP contribution in [-0.2, 0) is 16.3 Å². The van der Waals surface area contributed by atoms with E-state index in [0.717, 1.165) is 11.8 Å². The van der Waals surface area contributed by atoms with E-state index in [4.69, 9.17) is 8.83 Å². The van der Waals surface area contributed by atoms with Crippen molar-refractivity contribution in [3.8, 4) is 0 Å². The Morgan fingerprint density at radius 2 is 1.84 bits per heavy atom. The Hall–Kier alpha value is -2.46. The van der Waals surface area contributed by atoms with E-state index in [1.807, 2.05) is 0 Å². The zero-order valence-electron chi connectivity index (χ0n) is 12.9. The summed E-state index contributed by atoms with van der Waals surface area (Å²) in [5.41, 5.74) is 0.795. The molecule has 0 fully saturated rings. The minimum absolute atomic E-state index is 0.0553. The number of hydrogen-bond donors (Lipinski definition) is 1. The van der Waals surface area contributed by atoms with Crippen molar-refractivity contribution >= 4 is 37.7 Å². The summed E-state index contributed by atoms with van der Waals surface area (Å²) in [5.74, 6) is -0.135. The summed E-state index contributed by atoms with van der Waals surface area (Å²) >= 11 is 3.11. The molecule has 2 heterocycles. The van der Waals surface area contributed by atoms with Gasteiger partial charge >= 0.3 is 6.01 Å². The van der Waals surface area contributed by atoms with Gasteiger partial charge in [-0.2, -0.15) is 0 Å². The number of carbonyl (C=O) groups excluding carboxylic acids is 1. The molecule has 0 radical (unpaired) electrons. The summed E-state index contributed by atoms with van der Waals surface area (Å²) in [7, 11) is -3.24. The van der Waals surface area contributed by atoms with Crippen molar-refractivity contribution < 1.29 is 22.0 Å². The van der Waals surface area contributed by atoms with Crippen LogP contribution in [0.2, 0.25) is 0 Å². The van der Waals surface area contributed by atoms with Crippen LogP contribution in [0.15, 0.2) is 54.8 Å². The molecule has 25 heavy (non-hydrogen) atoms. The van der Waals surface area contributed by atoms with Crippen LogP contribution >= 0.6 is 15.9 Å². The third kappa shape index (κ3) is 4.34. The van der Waals surface area contributed by atoms with Crippen LogP contribution in [0.4, 0.5) is 6.01 Å². The number of amides is 1. The van der Waals surface area contributed by atoms with Crippen LogP contribution in [0.1, 0.15) is 22.0 Å². The Kier molecular flexibility index (Phi) is 4.73. The van der Waals surface area contributed by atoms with Gasteiger partial charge in [0.05, 0.1) is 11.3 Å². The van der Waals surface area contributed by atoms with Crippen LogP contribution in [-0.4, -0.2) is 30.8 Å². The number of nitrogens with one attached hydrogen (secondary N) is 1. The van der Waals surface area contributed by atoms with Crippen molar-refractivity contribution in [3.63, 3.8) is 0 Å². The molecule has 0 aliphatic heterocycles. The number of furan rings is 1. The lowest BCUT2D eigenvalue weighted by atomic mass is 10.1. The fraction of sp³-hybridized carbons (Fsp3) is 0.133. The smallest absolute Gasteiger partial charge is 0.322 e. The van der Waals surface area contributed by atoms with E-state index >= 15 is 0 Å². The van der Waals surface area contributed by atoms with Gasteiger partial charge < -0.3 is 8.83 Å². The fourth-order valence-corrected chi connectivity index (χ4v) is 2.94. The van der Waals surface area contributed by atoms with Gasteiger partial charge in [-0.3, -0.25) is 10.1 Å². The van der Waals surface area contributed by atoms with Crippen molar-refractivity contribution in [1.29, 1.82) is 0 Å². The number of halogens is 1. The Bertz CT molecular complexity index is 1010. The molecule has 3 rings (SSSR count). The van der Waals surface area contributed by atoms with Crippen molar-refractivity contribution in [2.75, 3.05) is 11.6 Å². The molecule has 0 saturated carbocycles. The molecule has 0 saturated heterocycles. The van der Waals surface area contributed by atoms with Gasteiger partial charge in [-0.15, -0.1) is 5.10 Å². The molecule has 0 spiro atoms. The lowest BCUT2D eigenvalue weighted by Crippen LogP contribution is -2.10. The molecule has 130 valence electrons. The molecular weight excluding hydrogens is 414 g/mol. The summed E-state index contributed by atoms with van der Waals surface area (Å²) in [6, 6.07) is 9.39.